The maximum absolute atomic E-state index is 13.7. The third-order valence-electron chi connectivity index (χ3n) is 5.98. The first-order valence-electron chi connectivity index (χ1n) is 11.0. The average molecular weight is 498 g/mol. The summed E-state index contributed by atoms with van der Waals surface area (Å²) in [5.41, 5.74) is 5.23. The summed E-state index contributed by atoms with van der Waals surface area (Å²) in [6.07, 6.45) is -3.06. The SMILES string of the molecule is N[C@H](CC(=O)N1CCc2c(nc(-c3cccnc3)nc2C(F)(F)F)C1)CN1CC(F)(F)CCC1=O. The van der Waals surface area contributed by atoms with E-state index in [0.717, 1.165) is 4.90 Å². The Kier molecular flexibility index (Phi) is 6.71. The van der Waals surface area contributed by atoms with Crippen molar-refractivity contribution in [3.05, 3.63) is 41.5 Å². The van der Waals surface area contributed by atoms with Crippen molar-refractivity contribution in [2.75, 3.05) is 19.6 Å². The van der Waals surface area contributed by atoms with Crippen molar-refractivity contribution in [1.82, 2.24) is 24.8 Å². The predicted octanol–water partition coefficient (Wildman–Crippen LogP) is 2.42. The highest BCUT2D eigenvalue weighted by Crippen LogP contribution is 2.35. The molecule has 2 aromatic rings. The Morgan fingerprint density at radius 2 is 2.00 bits per heavy atom. The van der Waals surface area contributed by atoms with Gasteiger partial charge in [0.2, 0.25) is 11.8 Å². The molecule has 0 aliphatic carbocycles. The van der Waals surface area contributed by atoms with Crippen LogP contribution in [0.15, 0.2) is 24.5 Å². The number of hydrogen-bond acceptors (Lipinski definition) is 6. The summed E-state index contributed by atoms with van der Waals surface area (Å²) in [7, 11) is 0. The zero-order valence-corrected chi connectivity index (χ0v) is 18.6. The van der Waals surface area contributed by atoms with Crippen molar-refractivity contribution < 1.29 is 31.5 Å². The molecule has 0 saturated carbocycles. The van der Waals surface area contributed by atoms with Crippen LogP contribution in [0.5, 0.6) is 0 Å². The van der Waals surface area contributed by atoms with Gasteiger partial charge in [-0.25, -0.2) is 18.7 Å². The molecular formula is C22H23F5N6O2. The summed E-state index contributed by atoms with van der Waals surface area (Å²) in [6, 6.07) is 2.18. The van der Waals surface area contributed by atoms with Gasteiger partial charge < -0.3 is 15.5 Å². The highest BCUT2D eigenvalue weighted by Gasteiger charge is 2.41. The molecule has 1 atom stereocenters. The van der Waals surface area contributed by atoms with E-state index in [2.05, 4.69) is 15.0 Å². The quantitative estimate of drug-likeness (QED) is 0.635. The number of aromatic nitrogens is 3. The number of fused-ring (bicyclic) bond motifs is 1. The van der Waals surface area contributed by atoms with Gasteiger partial charge in [-0.15, -0.1) is 0 Å². The molecule has 2 N–H and O–H groups in total. The van der Waals surface area contributed by atoms with Crippen molar-refractivity contribution in [1.29, 1.82) is 0 Å². The Morgan fingerprint density at radius 3 is 2.69 bits per heavy atom. The van der Waals surface area contributed by atoms with Crippen molar-refractivity contribution in [3.8, 4) is 11.4 Å². The lowest BCUT2D eigenvalue weighted by molar-refractivity contribution is -0.148. The summed E-state index contributed by atoms with van der Waals surface area (Å²) < 4.78 is 68.4. The van der Waals surface area contributed by atoms with Gasteiger partial charge in [0.1, 0.15) is 0 Å². The van der Waals surface area contributed by atoms with E-state index in [4.69, 9.17) is 5.73 Å². The van der Waals surface area contributed by atoms with E-state index in [0.29, 0.717) is 5.56 Å². The number of nitrogens with two attached hydrogens (primary N) is 1. The Bertz CT molecular complexity index is 1110. The van der Waals surface area contributed by atoms with Gasteiger partial charge >= 0.3 is 6.18 Å². The number of piperidine rings is 1. The predicted molar refractivity (Wildman–Crippen MR) is 113 cm³/mol. The Morgan fingerprint density at radius 1 is 1.23 bits per heavy atom. The van der Waals surface area contributed by atoms with Gasteiger partial charge in [-0.3, -0.25) is 14.6 Å². The minimum Gasteiger partial charge on any atom is -0.336 e. The highest BCUT2D eigenvalue weighted by molar-refractivity contribution is 5.78. The number of halogens is 5. The first-order valence-corrected chi connectivity index (χ1v) is 11.0. The molecule has 0 spiro atoms. The molecule has 0 radical (unpaired) electrons. The molecule has 1 saturated heterocycles. The zero-order valence-electron chi connectivity index (χ0n) is 18.6. The van der Waals surface area contributed by atoms with Crippen molar-refractivity contribution in [3.63, 3.8) is 0 Å². The first-order chi connectivity index (χ1) is 16.4. The Hall–Kier alpha value is -3.22. The van der Waals surface area contributed by atoms with Crippen LogP contribution >= 0.6 is 0 Å². The lowest BCUT2D eigenvalue weighted by Gasteiger charge is -2.34. The van der Waals surface area contributed by atoms with Crippen molar-refractivity contribution in [2.45, 2.75) is 50.4 Å². The Labute approximate surface area is 197 Å². The maximum Gasteiger partial charge on any atom is 0.433 e. The standard InChI is InChI=1S/C22H23F5N6O2/c23-21(24)5-3-17(34)33(12-21)10-14(28)8-18(35)32-7-4-15-16(11-32)30-20(13-2-1-6-29-9-13)31-19(15)22(25,26)27/h1-2,6,9,14H,3-5,7-8,10-12,28H2/t14-/m1/s1. The van der Waals surface area contributed by atoms with Crippen LogP contribution in [-0.4, -0.2) is 68.2 Å². The smallest absolute Gasteiger partial charge is 0.336 e. The normalized spacial score (nSPS) is 18.9. The van der Waals surface area contributed by atoms with Crippen LogP contribution in [0.1, 0.15) is 36.2 Å². The molecule has 2 aliphatic rings. The molecule has 4 rings (SSSR count). The number of alkyl halides is 5. The summed E-state index contributed by atoms with van der Waals surface area (Å²) >= 11 is 0. The van der Waals surface area contributed by atoms with Crippen LogP contribution in [-0.2, 0) is 28.7 Å². The zero-order chi connectivity index (χ0) is 25.4. The largest absolute Gasteiger partial charge is 0.433 e. The van der Waals surface area contributed by atoms with Gasteiger partial charge in [0.05, 0.1) is 18.8 Å². The number of pyridine rings is 1. The molecule has 0 aromatic carbocycles. The lowest BCUT2D eigenvalue weighted by Crippen LogP contribution is -2.51. The van der Waals surface area contributed by atoms with Crippen LogP contribution in [0, 0.1) is 0 Å². The fraction of sp³-hybridized carbons (Fsp3) is 0.500. The molecule has 0 bridgehead atoms. The number of hydrogen-bond donors (Lipinski definition) is 1. The second kappa shape index (κ2) is 9.44. The molecular weight excluding hydrogens is 475 g/mol. The molecule has 2 amide bonds. The van der Waals surface area contributed by atoms with Gasteiger partial charge in [0.25, 0.3) is 5.92 Å². The van der Waals surface area contributed by atoms with Gasteiger partial charge in [0, 0.05) is 61.9 Å². The van der Waals surface area contributed by atoms with E-state index in [-0.39, 0.29) is 56.0 Å². The van der Waals surface area contributed by atoms with Crippen LogP contribution in [0.25, 0.3) is 11.4 Å². The summed E-state index contributed by atoms with van der Waals surface area (Å²) in [5.74, 6) is -4.07. The minimum absolute atomic E-state index is 0.00204. The summed E-state index contributed by atoms with van der Waals surface area (Å²) in [4.78, 5) is 38.9. The first kappa shape index (κ1) is 24.9. The van der Waals surface area contributed by atoms with E-state index in [9.17, 15) is 31.5 Å². The van der Waals surface area contributed by atoms with E-state index in [1.807, 2.05) is 0 Å². The van der Waals surface area contributed by atoms with Gasteiger partial charge in [-0.05, 0) is 18.6 Å². The van der Waals surface area contributed by atoms with Gasteiger partial charge in [-0.1, -0.05) is 0 Å². The summed E-state index contributed by atoms with van der Waals surface area (Å²) in [5, 5.41) is 0. The number of amides is 2. The van der Waals surface area contributed by atoms with Gasteiger partial charge in [-0.2, -0.15) is 13.2 Å². The van der Waals surface area contributed by atoms with E-state index < -0.39 is 48.6 Å². The molecule has 8 nitrogen and oxygen atoms in total. The summed E-state index contributed by atoms with van der Waals surface area (Å²) in [6.45, 7) is -1.15. The maximum atomic E-state index is 13.7. The highest BCUT2D eigenvalue weighted by atomic mass is 19.4. The van der Waals surface area contributed by atoms with Crippen LogP contribution < -0.4 is 5.73 Å². The van der Waals surface area contributed by atoms with E-state index in [1.165, 1.54) is 23.4 Å². The average Bonchev–Trinajstić information content (AvgIpc) is 2.80. The van der Waals surface area contributed by atoms with E-state index in [1.54, 1.807) is 6.07 Å². The van der Waals surface area contributed by atoms with Crippen LogP contribution in [0.3, 0.4) is 0 Å². The van der Waals surface area contributed by atoms with Crippen molar-refractivity contribution >= 4 is 11.8 Å². The second-order valence-electron chi connectivity index (χ2n) is 8.72. The Balaban J connectivity index is 1.49. The molecule has 2 aromatic heterocycles. The molecule has 1 fully saturated rings. The number of carbonyl (C=O) groups is 2. The number of carbonyl (C=O) groups excluding carboxylic acids is 2. The van der Waals surface area contributed by atoms with Crippen molar-refractivity contribution in [2.24, 2.45) is 5.73 Å². The molecule has 35 heavy (non-hydrogen) atoms. The van der Waals surface area contributed by atoms with E-state index >= 15 is 0 Å². The molecule has 188 valence electrons. The number of rotatable bonds is 5. The third-order valence-corrected chi connectivity index (χ3v) is 5.98. The molecule has 4 heterocycles. The lowest BCUT2D eigenvalue weighted by atomic mass is 10.0. The molecule has 0 unspecified atom stereocenters. The minimum atomic E-state index is -4.71. The monoisotopic (exact) mass is 498 g/mol. The fourth-order valence-corrected chi connectivity index (χ4v) is 4.26. The van der Waals surface area contributed by atoms with Crippen LogP contribution in [0.2, 0.25) is 0 Å². The van der Waals surface area contributed by atoms with Gasteiger partial charge in [0.15, 0.2) is 11.5 Å². The molecule has 2 aliphatic heterocycles. The van der Waals surface area contributed by atoms with Crippen LogP contribution in [0.4, 0.5) is 22.0 Å². The second-order valence-corrected chi connectivity index (χ2v) is 8.72. The number of likely N-dealkylation sites (tertiary alicyclic amines) is 1. The topological polar surface area (TPSA) is 105 Å². The third kappa shape index (κ3) is 5.72. The molecule has 13 heteroatoms. The number of nitrogens with zero attached hydrogens (tertiary/aromatic N) is 5. The fourth-order valence-electron chi connectivity index (χ4n) is 4.26.